The van der Waals surface area contributed by atoms with Crippen molar-refractivity contribution in [2.24, 2.45) is 0 Å². The molecule has 2 amide bonds. The molecular formula is C24H33FN4O2+2. The Balaban J connectivity index is 1.34. The van der Waals surface area contributed by atoms with Crippen molar-refractivity contribution in [2.75, 3.05) is 51.1 Å². The van der Waals surface area contributed by atoms with E-state index in [0.717, 1.165) is 48.6 Å². The molecule has 2 aromatic carbocycles. The van der Waals surface area contributed by atoms with Gasteiger partial charge in [0.05, 0.1) is 0 Å². The number of piperazine rings is 1. The first-order chi connectivity index (χ1) is 14.9. The summed E-state index contributed by atoms with van der Waals surface area (Å²) >= 11 is 0. The summed E-state index contributed by atoms with van der Waals surface area (Å²) in [6, 6.07) is 12.4. The van der Waals surface area contributed by atoms with Gasteiger partial charge >= 0.3 is 0 Å². The lowest BCUT2D eigenvalue weighted by Gasteiger charge is -2.29. The highest BCUT2D eigenvalue weighted by Gasteiger charge is 2.26. The maximum Gasteiger partial charge on any atom is 0.279 e. The van der Waals surface area contributed by atoms with E-state index in [1.807, 2.05) is 32.0 Å². The number of hydrogen-bond donors (Lipinski definition) is 4. The molecule has 1 aliphatic heterocycles. The Morgan fingerprint density at radius 2 is 1.42 bits per heavy atom. The van der Waals surface area contributed by atoms with Gasteiger partial charge in [-0.15, -0.1) is 0 Å². The molecule has 3 rings (SSSR count). The van der Waals surface area contributed by atoms with Crippen molar-refractivity contribution >= 4 is 17.5 Å². The van der Waals surface area contributed by atoms with Gasteiger partial charge in [-0.1, -0.05) is 30.3 Å². The maximum atomic E-state index is 12.9. The van der Waals surface area contributed by atoms with Crippen LogP contribution in [0.15, 0.2) is 42.5 Å². The zero-order valence-corrected chi connectivity index (χ0v) is 18.4. The summed E-state index contributed by atoms with van der Waals surface area (Å²) in [5.74, 6) is -0.178. The molecular weight excluding hydrogens is 395 g/mol. The number of quaternary nitrogens is 2. The summed E-state index contributed by atoms with van der Waals surface area (Å²) in [5, 5.41) is 6.01. The van der Waals surface area contributed by atoms with Gasteiger partial charge < -0.3 is 20.4 Å². The van der Waals surface area contributed by atoms with E-state index in [4.69, 9.17) is 0 Å². The van der Waals surface area contributed by atoms with Crippen molar-refractivity contribution in [1.29, 1.82) is 0 Å². The topological polar surface area (TPSA) is 67.1 Å². The van der Waals surface area contributed by atoms with E-state index >= 15 is 0 Å². The fourth-order valence-electron chi connectivity index (χ4n) is 4.02. The highest BCUT2D eigenvalue weighted by atomic mass is 19.1. The lowest BCUT2D eigenvalue weighted by molar-refractivity contribution is -1.00. The Hall–Kier alpha value is -2.77. The fraction of sp³-hybridized carbons (Fsp3) is 0.417. The minimum Gasteiger partial charge on any atom is -0.351 e. The number of hydrogen-bond acceptors (Lipinski definition) is 2. The Morgan fingerprint density at radius 1 is 0.871 bits per heavy atom. The highest BCUT2D eigenvalue weighted by Crippen LogP contribution is 2.18. The van der Waals surface area contributed by atoms with Crippen molar-refractivity contribution in [1.82, 2.24) is 5.32 Å². The van der Waals surface area contributed by atoms with Crippen LogP contribution in [0.5, 0.6) is 0 Å². The SMILES string of the molecule is Cc1cccc(C)c1NC(=O)C[NH+]1CC[NH+](CC(=O)NCCc2ccc(F)cc2)CC1. The molecule has 7 heteroatoms. The summed E-state index contributed by atoms with van der Waals surface area (Å²) in [6.45, 7) is 8.94. The molecule has 1 heterocycles. The zero-order valence-electron chi connectivity index (χ0n) is 18.4. The summed E-state index contributed by atoms with van der Waals surface area (Å²) in [6.07, 6.45) is 0.689. The van der Waals surface area contributed by atoms with Crippen LogP contribution in [0.1, 0.15) is 16.7 Å². The molecule has 0 atom stereocenters. The molecule has 2 aromatic rings. The van der Waals surface area contributed by atoms with E-state index in [1.54, 1.807) is 12.1 Å². The van der Waals surface area contributed by atoms with E-state index < -0.39 is 0 Å². The summed E-state index contributed by atoms with van der Waals surface area (Å²) in [7, 11) is 0. The number of anilines is 1. The third kappa shape index (κ3) is 7.15. The Kier molecular flexibility index (Phi) is 8.14. The molecule has 1 aliphatic rings. The van der Waals surface area contributed by atoms with Gasteiger partial charge in [-0.2, -0.15) is 0 Å². The molecule has 0 spiro atoms. The van der Waals surface area contributed by atoms with Gasteiger partial charge in [-0.3, -0.25) is 9.59 Å². The third-order valence-electron chi connectivity index (χ3n) is 5.88. The number of rotatable bonds is 8. The van der Waals surface area contributed by atoms with Crippen LogP contribution < -0.4 is 20.4 Å². The standard InChI is InChI=1S/C24H31FN4O2/c1-18-4-3-5-19(2)24(18)27-23(31)17-29-14-12-28(13-15-29)16-22(30)26-11-10-20-6-8-21(25)9-7-20/h3-9H,10-17H2,1-2H3,(H,26,30)(H,27,31)/p+2. The monoisotopic (exact) mass is 428 g/mol. The minimum atomic E-state index is -0.250. The smallest absolute Gasteiger partial charge is 0.279 e. The van der Waals surface area contributed by atoms with E-state index in [-0.39, 0.29) is 17.6 Å². The first-order valence-corrected chi connectivity index (χ1v) is 10.9. The first kappa shape index (κ1) is 22.9. The largest absolute Gasteiger partial charge is 0.351 e. The van der Waals surface area contributed by atoms with Crippen LogP contribution in [0.25, 0.3) is 0 Å². The molecule has 0 unspecified atom stereocenters. The fourth-order valence-corrected chi connectivity index (χ4v) is 4.02. The zero-order chi connectivity index (χ0) is 22.2. The van der Waals surface area contributed by atoms with Gasteiger partial charge in [0.25, 0.3) is 11.8 Å². The second-order valence-electron chi connectivity index (χ2n) is 8.39. The molecule has 0 radical (unpaired) electrons. The van der Waals surface area contributed by atoms with Crippen LogP contribution in [-0.4, -0.2) is 57.6 Å². The molecule has 6 nitrogen and oxygen atoms in total. The van der Waals surface area contributed by atoms with E-state index in [2.05, 4.69) is 10.6 Å². The minimum absolute atomic E-state index is 0.0355. The number of carbonyl (C=O) groups is 2. The predicted molar refractivity (Wildman–Crippen MR) is 119 cm³/mol. The van der Waals surface area contributed by atoms with Crippen molar-refractivity contribution in [3.05, 3.63) is 65.0 Å². The third-order valence-corrected chi connectivity index (χ3v) is 5.88. The van der Waals surface area contributed by atoms with Gasteiger partial charge in [0.1, 0.15) is 32.0 Å². The quantitative estimate of drug-likeness (QED) is 0.459. The predicted octanol–water partition coefficient (Wildman–Crippen LogP) is -0.477. The van der Waals surface area contributed by atoms with Crippen molar-refractivity contribution in [2.45, 2.75) is 20.3 Å². The second-order valence-corrected chi connectivity index (χ2v) is 8.39. The number of carbonyl (C=O) groups excluding carboxylic acids is 2. The van der Waals surface area contributed by atoms with E-state index in [0.29, 0.717) is 26.1 Å². The van der Waals surface area contributed by atoms with Crippen LogP contribution in [0, 0.1) is 19.7 Å². The summed E-state index contributed by atoms with van der Waals surface area (Å²) < 4.78 is 12.9. The molecule has 4 N–H and O–H groups in total. The second kappa shape index (κ2) is 11.0. The van der Waals surface area contributed by atoms with Crippen LogP contribution in [0.3, 0.4) is 0 Å². The molecule has 31 heavy (non-hydrogen) atoms. The first-order valence-electron chi connectivity index (χ1n) is 10.9. The number of benzene rings is 2. The van der Waals surface area contributed by atoms with E-state index in [1.165, 1.54) is 21.9 Å². The Bertz CT molecular complexity index is 873. The number of aryl methyl sites for hydroxylation is 2. The molecule has 0 bridgehead atoms. The molecule has 0 saturated carbocycles. The Morgan fingerprint density at radius 3 is 2.00 bits per heavy atom. The highest BCUT2D eigenvalue weighted by molar-refractivity contribution is 5.93. The van der Waals surface area contributed by atoms with E-state index in [9.17, 15) is 14.0 Å². The van der Waals surface area contributed by atoms with Crippen LogP contribution in [0.2, 0.25) is 0 Å². The maximum absolute atomic E-state index is 12.9. The van der Waals surface area contributed by atoms with Gasteiger partial charge in [-0.25, -0.2) is 4.39 Å². The number of nitrogens with one attached hydrogen (secondary N) is 4. The van der Waals surface area contributed by atoms with Gasteiger partial charge in [-0.05, 0) is 49.1 Å². The molecule has 1 fully saturated rings. The van der Waals surface area contributed by atoms with Crippen LogP contribution in [-0.2, 0) is 16.0 Å². The number of amides is 2. The summed E-state index contributed by atoms with van der Waals surface area (Å²) in [5.41, 5.74) is 4.06. The molecule has 0 aromatic heterocycles. The van der Waals surface area contributed by atoms with Gasteiger partial charge in [0.2, 0.25) is 0 Å². The van der Waals surface area contributed by atoms with Gasteiger partial charge in [0, 0.05) is 12.2 Å². The number of halogens is 1. The van der Waals surface area contributed by atoms with Crippen molar-refractivity contribution in [3.8, 4) is 0 Å². The van der Waals surface area contributed by atoms with Crippen LogP contribution >= 0.6 is 0 Å². The normalized spacial score (nSPS) is 18.4. The molecule has 1 saturated heterocycles. The summed E-state index contributed by atoms with van der Waals surface area (Å²) in [4.78, 5) is 27.2. The number of para-hydroxylation sites is 1. The molecule has 166 valence electrons. The van der Waals surface area contributed by atoms with Crippen LogP contribution in [0.4, 0.5) is 10.1 Å². The van der Waals surface area contributed by atoms with Gasteiger partial charge in [0.15, 0.2) is 13.1 Å². The Labute approximate surface area is 183 Å². The lowest BCUT2D eigenvalue weighted by Crippen LogP contribution is -3.28. The molecule has 0 aliphatic carbocycles. The van der Waals surface area contributed by atoms with Crippen molar-refractivity contribution < 1.29 is 23.8 Å². The average molecular weight is 429 g/mol. The average Bonchev–Trinajstić information content (AvgIpc) is 2.74. The van der Waals surface area contributed by atoms with Crippen molar-refractivity contribution in [3.63, 3.8) is 0 Å². The lowest BCUT2D eigenvalue weighted by atomic mass is 10.1.